The Morgan fingerprint density at radius 1 is 1.24 bits per heavy atom. The molecule has 0 fully saturated rings. The summed E-state index contributed by atoms with van der Waals surface area (Å²) in [5.74, 6) is -1.87. The highest BCUT2D eigenvalue weighted by Crippen LogP contribution is 2.27. The molecule has 0 unspecified atom stereocenters. The maximum absolute atomic E-state index is 13.0. The molecule has 0 radical (unpaired) electrons. The molecule has 0 saturated carbocycles. The number of hydrogen-bond donors (Lipinski definition) is 2. The van der Waals surface area contributed by atoms with E-state index in [9.17, 15) is 13.9 Å². The van der Waals surface area contributed by atoms with Crippen LogP contribution in [0.3, 0.4) is 0 Å². The molecule has 1 rings (SSSR count). The van der Waals surface area contributed by atoms with Gasteiger partial charge in [0.05, 0.1) is 6.10 Å². The maximum atomic E-state index is 13.0. The summed E-state index contributed by atoms with van der Waals surface area (Å²) < 4.78 is 25.7. The van der Waals surface area contributed by atoms with Crippen LogP contribution in [0.2, 0.25) is 0 Å². The molecular formula is C13H19F2NO. The average Bonchev–Trinajstić information content (AvgIpc) is 2.20. The molecule has 0 aliphatic heterocycles. The molecule has 1 aromatic rings. The van der Waals surface area contributed by atoms with Gasteiger partial charge >= 0.3 is 0 Å². The predicted molar refractivity (Wildman–Crippen MR) is 63.4 cm³/mol. The molecule has 0 aromatic heterocycles. The highest BCUT2D eigenvalue weighted by molar-refractivity contribution is 5.20. The molecule has 17 heavy (non-hydrogen) atoms. The highest BCUT2D eigenvalue weighted by atomic mass is 19.2. The second-order valence-electron chi connectivity index (χ2n) is 5.40. The fourth-order valence-electron chi connectivity index (χ4n) is 1.45. The van der Waals surface area contributed by atoms with Crippen molar-refractivity contribution < 1.29 is 13.9 Å². The number of aliphatic hydroxyl groups is 1. The lowest BCUT2D eigenvalue weighted by Crippen LogP contribution is -2.36. The molecule has 0 saturated heterocycles. The summed E-state index contributed by atoms with van der Waals surface area (Å²) in [5.41, 5.74) is 6.14. The zero-order chi connectivity index (χ0) is 13.2. The topological polar surface area (TPSA) is 46.2 Å². The fourth-order valence-corrected chi connectivity index (χ4v) is 1.45. The van der Waals surface area contributed by atoms with Crippen LogP contribution < -0.4 is 5.73 Å². The van der Waals surface area contributed by atoms with E-state index in [-0.39, 0.29) is 11.5 Å². The van der Waals surface area contributed by atoms with Crippen LogP contribution in [0, 0.1) is 17.0 Å². The van der Waals surface area contributed by atoms with E-state index in [4.69, 9.17) is 5.73 Å². The van der Waals surface area contributed by atoms with Crippen molar-refractivity contribution in [2.24, 2.45) is 11.1 Å². The van der Waals surface area contributed by atoms with Gasteiger partial charge in [0.1, 0.15) is 0 Å². The van der Waals surface area contributed by atoms with Gasteiger partial charge in [-0.25, -0.2) is 8.78 Å². The molecule has 2 nitrogen and oxygen atoms in total. The lowest BCUT2D eigenvalue weighted by Gasteiger charge is -2.29. The van der Waals surface area contributed by atoms with Crippen LogP contribution in [-0.4, -0.2) is 11.1 Å². The molecule has 4 heteroatoms. The molecule has 3 N–H and O–H groups in total. The third-order valence-corrected chi connectivity index (χ3v) is 2.92. The first kappa shape index (κ1) is 14.1. The Hall–Kier alpha value is -1.00. The van der Waals surface area contributed by atoms with E-state index in [0.29, 0.717) is 12.0 Å². The summed E-state index contributed by atoms with van der Waals surface area (Å²) in [5, 5.41) is 9.90. The molecule has 96 valence electrons. The van der Waals surface area contributed by atoms with Crippen LogP contribution in [0.1, 0.15) is 38.9 Å². The summed E-state index contributed by atoms with van der Waals surface area (Å²) in [6.45, 7) is 5.90. The van der Waals surface area contributed by atoms with Crippen LogP contribution >= 0.6 is 0 Å². The quantitative estimate of drug-likeness (QED) is 0.857. The first-order valence-corrected chi connectivity index (χ1v) is 5.60. The molecule has 0 bridgehead atoms. The fraction of sp³-hybridized carbons (Fsp3) is 0.538. The average molecular weight is 243 g/mol. The molecule has 0 aliphatic rings. The van der Waals surface area contributed by atoms with Gasteiger partial charge in [-0.05, 0) is 29.5 Å². The van der Waals surface area contributed by atoms with Gasteiger partial charge in [0.2, 0.25) is 0 Å². The Balaban J connectivity index is 2.76. The summed E-state index contributed by atoms with van der Waals surface area (Å²) in [7, 11) is 0. The van der Waals surface area contributed by atoms with Gasteiger partial charge in [0.25, 0.3) is 0 Å². The van der Waals surface area contributed by atoms with Gasteiger partial charge in [-0.3, -0.25) is 0 Å². The van der Waals surface area contributed by atoms with E-state index in [1.165, 1.54) is 6.07 Å². The minimum atomic E-state index is -0.953. The molecular weight excluding hydrogens is 224 g/mol. The zero-order valence-corrected chi connectivity index (χ0v) is 10.4. The summed E-state index contributed by atoms with van der Waals surface area (Å²) in [6.07, 6.45) is -0.562. The normalized spacial score (nSPS) is 15.7. The van der Waals surface area contributed by atoms with Gasteiger partial charge in [-0.15, -0.1) is 0 Å². The van der Waals surface area contributed by atoms with Crippen LogP contribution in [0.25, 0.3) is 0 Å². The Bertz CT molecular complexity index is 387. The van der Waals surface area contributed by atoms with E-state index in [0.717, 1.165) is 12.1 Å². The van der Waals surface area contributed by atoms with Gasteiger partial charge in [0.15, 0.2) is 11.6 Å². The Morgan fingerprint density at radius 3 is 2.29 bits per heavy atom. The van der Waals surface area contributed by atoms with Crippen molar-refractivity contribution in [2.45, 2.75) is 39.3 Å². The van der Waals surface area contributed by atoms with Crippen molar-refractivity contribution in [1.29, 1.82) is 0 Å². The van der Waals surface area contributed by atoms with E-state index in [2.05, 4.69) is 0 Å². The Labute approximate surface area is 100 Å². The van der Waals surface area contributed by atoms with Gasteiger partial charge in [0, 0.05) is 6.04 Å². The molecule has 0 amide bonds. The zero-order valence-electron chi connectivity index (χ0n) is 10.4. The maximum Gasteiger partial charge on any atom is 0.159 e. The summed E-state index contributed by atoms with van der Waals surface area (Å²) in [6, 6.07) is 3.18. The number of nitrogens with two attached hydrogens (primary N) is 1. The number of aliphatic hydroxyl groups excluding tert-OH is 1. The van der Waals surface area contributed by atoms with Gasteiger partial charge in [-0.1, -0.05) is 26.8 Å². The molecule has 0 aliphatic carbocycles. The summed E-state index contributed by atoms with van der Waals surface area (Å²) >= 11 is 0. The Kier molecular flexibility index (Phi) is 4.22. The number of hydrogen-bond acceptors (Lipinski definition) is 2. The minimum Gasteiger partial charge on any atom is -0.388 e. The SMILES string of the molecule is CC(C)(C)[C@H](N)C[C@H](O)c1ccc(F)c(F)c1. The molecule has 0 spiro atoms. The first-order chi connectivity index (χ1) is 7.71. The number of halogens is 2. The second-order valence-corrected chi connectivity index (χ2v) is 5.40. The van der Waals surface area contributed by atoms with Crippen molar-refractivity contribution in [3.8, 4) is 0 Å². The number of rotatable bonds is 3. The minimum absolute atomic E-state index is 0.139. The Morgan fingerprint density at radius 2 is 1.82 bits per heavy atom. The number of benzene rings is 1. The van der Waals surface area contributed by atoms with E-state index < -0.39 is 17.7 Å². The summed E-state index contributed by atoms with van der Waals surface area (Å²) in [4.78, 5) is 0. The van der Waals surface area contributed by atoms with Crippen molar-refractivity contribution in [3.05, 3.63) is 35.4 Å². The van der Waals surface area contributed by atoms with Crippen molar-refractivity contribution in [2.75, 3.05) is 0 Å². The van der Waals surface area contributed by atoms with Crippen molar-refractivity contribution in [1.82, 2.24) is 0 Å². The van der Waals surface area contributed by atoms with Gasteiger partial charge in [-0.2, -0.15) is 0 Å². The molecule has 1 aromatic carbocycles. The smallest absolute Gasteiger partial charge is 0.159 e. The lowest BCUT2D eigenvalue weighted by molar-refractivity contribution is 0.133. The lowest BCUT2D eigenvalue weighted by atomic mass is 9.83. The standard InChI is InChI=1S/C13H19F2NO/c1-13(2,3)12(16)7-11(17)8-4-5-9(14)10(15)6-8/h4-6,11-12,17H,7,16H2,1-3H3/t11-,12+/m0/s1. The third kappa shape index (κ3) is 3.75. The van der Waals surface area contributed by atoms with Gasteiger partial charge < -0.3 is 10.8 Å². The molecule has 0 heterocycles. The van der Waals surface area contributed by atoms with Crippen LogP contribution in [0.4, 0.5) is 8.78 Å². The van der Waals surface area contributed by atoms with Crippen LogP contribution in [-0.2, 0) is 0 Å². The highest BCUT2D eigenvalue weighted by Gasteiger charge is 2.24. The van der Waals surface area contributed by atoms with E-state index >= 15 is 0 Å². The molecule has 2 atom stereocenters. The monoisotopic (exact) mass is 243 g/mol. The second kappa shape index (κ2) is 5.10. The van der Waals surface area contributed by atoms with E-state index in [1.807, 2.05) is 20.8 Å². The van der Waals surface area contributed by atoms with Crippen molar-refractivity contribution in [3.63, 3.8) is 0 Å². The predicted octanol–water partition coefficient (Wildman–Crippen LogP) is 2.76. The largest absolute Gasteiger partial charge is 0.388 e. The van der Waals surface area contributed by atoms with Crippen LogP contribution in [0.15, 0.2) is 18.2 Å². The first-order valence-electron chi connectivity index (χ1n) is 5.60. The van der Waals surface area contributed by atoms with Crippen LogP contribution in [0.5, 0.6) is 0 Å². The van der Waals surface area contributed by atoms with E-state index in [1.54, 1.807) is 0 Å². The van der Waals surface area contributed by atoms with Crippen molar-refractivity contribution >= 4 is 0 Å². The third-order valence-electron chi connectivity index (χ3n) is 2.92.